The van der Waals surface area contributed by atoms with Crippen LogP contribution >= 0.6 is 0 Å². The molecule has 0 saturated heterocycles. The molecule has 2 aromatic carbocycles. The molecule has 0 aliphatic heterocycles. The van der Waals surface area contributed by atoms with Crippen molar-refractivity contribution in [3.05, 3.63) is 97.3 Å². The quantitative estimate of drug-likeness (QED) is 0.233. The maximum atomic E-state index is 13.5. The summed E-state index contributed by atoms with van der Waals surface area (Å²) < 4.78 is 10.1. The second-order valence-electron chi connectivity index (χ2n) is 8.53. The fourth-order valence-electron chi connectivity index (χ4n) is 4.20. The van der Waals surface area contributed by atoms with E-state index in [-0.39, 0.29) is 60.4 Å². The van der Waals surface area contributed by atoms with E-state index in [4.69, 9.17) is 9.47 Å². The first-order chi connectivity index (χ1) is 19.2. The number of ether oxygens (including phenoxy) is 2. The first-order valence-electron chi connectivity index (χ1n) is 12.3. The van der Waals surface area contributed by atoms with Gasteiger partial charge in [-0.3, -0.25) is 29.8 Å². The highest BCUT2D eigenvalue weighted by atomic mass is 16.6. The topological polar surface area (TPSA) is 158 Å². The molecule has 1 heterocycles. The van der Waals surface area contributed by atoms with Gasteiger partial charge in [0.05, 0.1) is 23.1 Å². The number of nitro benzene ring substituents is 2. The second kappa shape index (κ2) is 13.4. The minimum atomic E-state index is -0.655. The van der Waals surface area contributed by atoms with Crippen LogP contribution in [-0.2, 0) is 22.7 Å². The van der Waals surface area contributed by atoms with Gasteiger partial charge in [-0.2, -0.15) is 0 Å². The van der Waals surface area contributed by atoms with Crippen molar-refractivity contribution in [3.8, 4) is 0 Å². The molecule has 0 aliphatic carbocycles. The molecule has 0 spiro atoms. The molecule has 3 aromatic rings. The van der Waals surface area contributed by atoms with Gasteiger partial charge in [-0.15, -0.1) is 0 Å². The molecule has 0 N–H and O–H groups in total. The molecule has 40 heavy (non-hydrogen) atoms. The fraction of sp³-hybridized carbons (Fsp3) is 0.296. The number of carbonyl (C=O) groups is 2. The first-order valence-corrected chi connectivity index (χ1v) is 12.3. The summed E-state index contributed by atoms with van der Waals surface area (Å²) in [5, 5.41) is 23.6. The Kier molecular flexibility index (Phi) is 9.95. The smallest absolute Gasteiger partial charge is 0.293 e. The second-order valence-corrected chi connectivity index (χ2v) is 8.53. The van der Waals surface area contributed by atoms with E-state index in [1.54, 1.807) is 26.0 Å². The number of amides is 2. The summed E-state index contributed by atoms with van der Waals surface area (Å²) in [5.41, 5.74) is 0.465. The molecule has 0 aliphatic rings. The van der Waals surface area contributed by atoms with E-state index < -0.39 is 21.7 Å². The van der Waals surface area contributed by atoms with Gasteiger partial charge in [-0.05, 0) is 49.2 Å². The van der Waals surface area contributed by atoms with Crippen molar-refractivity contribution in [1.29, 1.82) is 0 Å². The number of rotatable bonds is 12. The number of anilines is 2. The highest BCUT2D eigenvalue weighted by molar-refractivity contribution is 6.09. The van der Waals surface area contributed by atoms with Gasteiger partial charge >= 0.3 is 0 Å². The van der Waals surface area contributed by atoms with E-state index in [1.807, 2.05) is 0 Å². The Bertz CT molecular complexity index is 1330. The lowest BCUT2D eigenvalue weighted by Crippen LogP contribution is -2.34. The Hall–Kier alpha value is -4.75. The molecule has 0 fully saturated rings. The van der Waals surface area contributed by atoms with Crippen LogP contribution in [0.15, 0.2) is 54.6 Å². The summed E-state index contributed by atoms with van der Waals surface area (Å²) in [7, 11) is 2.94. The molecular formula is C27H29N5O8. The van der Waals surface area contributed by atoms with Crippen LogP contribution < -0.4 is 9.80 Å². The Morgan fingerprint density at radius 3 is 1.48 bits per heavy atom. The lowest BCUT2D eigenvalue weighted by atomic mass is 10.1. The SMILES string of the molecule is CCN(C(=O)c1cccc(C(=O)N(CC)c2ccc(COC)cc2[N+](=O)[O-])n1)c1ccc(COC)cc1[N+](=O)[O-]. The maximum absolute atomic E-state index is 13.5. The number of aromatic nitrogens is 1. The predicted octanol–water partition coefficient (Wildman–Crippen LogP) is 4.52. The average Bonchev–Trinajstić information content (AvgIpc) is 2.95. The number of pyridine rings is 1. The Morgan fingerprint density at radius 1 is 0.750 bits per heavy atom. The van der Waals surface area contributed by atoms with Crippen molar-refractivity contribution in [2.45, 2.75) is 27.1 Å². The summed E-state index contributed by atoms with van der Waals surface area (Å²) in [5.74, 6) is -1.31. The number of nitrogens with zero attached hydrogens (tertiary/aromatic N) is 5. The molecule has 13 nitrogen and oxygen atoms in total. The number of methoxy groups -OCH3 is 2. The van der Waals surface area contributed by atoms with Gasteiger partial charge < -0.3 is 19.3 Å². The van der Waals surface area contributed by atoms with E-state index in [0.29, 0.717) is 11.1 Å². The first kappa shape index (κ1) is 29.8. The van der Waals surface area contributed by atoms with Crippen molar-refractivity contribution in [2.24, 2.45) is 0 Å². The van der Waals surface area contributed by atoms with Gasteiger partial charge in [0.25, 0.3) is 23.2 Å². The van der Waals surface area contributed by atoms with Crippen LogP contribution in [0.4, 0.5) is 22.7 Å². The maximum Gasteiger partial charge on any atom is 0.293 e. The minimum absolute atomic E-state index is 0.0674. The third-order valence-corrected chi connectivity index (χ3v) is 5.99. The van der Waals surface area contributed by atoms with Gasteiger partial charge in [0.15, 0.2) is 0 Å². The summed E-state index contributed by atoms with van der Waals surface area (Å²) in [6.45, 7) is 3.81. The van der Waals surface area contributed by atoms with Gasteiger partial charge in [0, 0.05) is 39.4 Å². The van der Waals surface area contributed by atoms with E-state index in [9.17, 15) is 29.8 Å². The van der Waals surface area contributed by atoms with Crippen LogP contribution in [0.1, 0.15) is 46.0 Å². The normalized spacial score (nSPS) is 10.7. The molecule has 0 bridgehead atoms. The van der Waals surface area contributed by atoms with E-state index in [1.165, 1.54) is 66.5 Å². The average molecular weight is 552 g/mol. The zero-order valence-corrected chi connectivity index (χ0v) is 22.5. The van der Waals surface area contributed by atoms with Gasteiger partial charge in [-0.25, -0.2) is 4.98 Å². The Morgan fingerprint density at radius 2 is 1.15 bits per heavy atom. The Balaban J connectivity index is 1.99. The lowest BCUT2D eigenvalue weighted by Gasteiger charge is -2.22. The van der Waals surface area contributed by atoms with Crippen LogP contribution in [-0.4, -0.2) is 54.0 Å². The molecule has 0 radical (unpaired) electrons. The zero-order chi connectivity index (χ0) is 29.4. The van der Waals surface area contributed by atoms with Crippen molar-refractivity contribution >= 4 is 34.6 Å². The number of carbonyl (C=O) groups excluding carboxylic acids is 2. The van der Waals surface area contributed by atoms with Gasteiger partial charge in [0.2, 0.25) is 0 Å². The largest absolute Gasteiger partial charge is 0.380 e. The molecule has 210 valence electrons. The van der Waals surface area contributed by atoms with Crippen LogP contribution in [0.25, 0.3) is 0 Å². The van der Waals surface area contributed by atoms with Crippen molar-refractivity contribution < 1.29 is 28.9 Å². The van der Waals surface area contributed by atoms with Crippen molar-refractivity contribution in [3.63, 3.8) is 0 Å². The Labute approximate surface area is 230 Å². The summed E-state index contributed by atoms with van der Waals surface area (Å²) >= 11 is 0. The predicted molar refractivity (Wildman–Crippen MR) is 147 cm³/mol. The zero-order valence-electron chi connectivity index (χ0n) is 22.5. The molecular weight excluding hydrogens is 522 g/mol. The molecule has 1 aromatic heterocycles. The van der Waals surface area contributed by atoms with Crippen LogP contribution in [0.5, 0.6) is 0 Å². The van der Waals surface area contributed by atoms with E-state index >= 15 is 0 Å². The number of hydrogen-bond acceptors (Lipinski definition) is 9. The van der Waals surface area contributed by atoms with Crippen LogP contribution in [0.3, 0.4) is 0 Å². The molecule has 3 rings (SSSR count). The fourth-order valence-corrected chi connectivity index (χ4v) is 4.20. The van der Waals surface area contributed by atoms with Crippen molar-refractivity contribution in [2.75, 3.05) is 37.1 Å². The third kappa shape index (κ3) is 6.45. The molecule has 0 atom stereocenters. The number of benzene rings is 2. The molecule has 2 amide bonds. The summed E-state index contributed by atoms with van der Waals surface area (Å²) in [4.78, 5) is 56.0. The van der Waals surface area contributed by atoms with Crippen LogP contribution in [0, 0.1) is 20.2 Å². The third-order valence-electron chi connectivity index (χ3n) is 5.99. The minimum Gasteiger partial charge on any atom is -0.380 e. The monoisotopic (exact) mass is 551 g/mol. The lowest BCUT2D eigenvalue weighted by molar-refractivity contribution is -0.384. The highest BCUT2D eigenvalue weighted by Crippen LogP contribution is 2.32. The standard InChI is InChI=1S/C27H29N5O8/c1-5-29(22-12-10-18(16-39-3)14-24(22)31(35)36)26(33)20-8-7-9-21(28-20)27(34)30(6-2)23-13-11-19(17-40-4)15-25(23)32(37)38/h7-15H,5-6,16-17H2,1-4H3. The van der Waals surface area contributed by atoms with Gasteiger partial charge in [0.1, 0.15) is 22.8 Å². The molecule has 0 unspecified atom stereocenters. The molecule has 0 saturated carbocycles. The van der Waals surface area contributed by atoms with Gasteiger partial charge in [-0.1, -0.05) is 18.2 Å². The number of nitro groups is 2. The van der Waals surface area contributed by atoms with Crippen molar-refractivity contribution in [1.82, 2.24) is 4.98 Å². The van der Waals surface area contributed by atoms with Crippen LogP contribution in [0.2, 0.25) is 0 Å². The molecule has 13 heteroatoms. The number of hydrogen-bond donors (Lipinski definition) is 0. The van der Waals surface area contributed by atoms with E-state index in [0.717, 1.165) is 0 Å². The summed E-state index contributed by atoms with van der Waals surface area (Å²) in [6, 6.07) is 13.1. The summed E-state index contributed by atoms with van der Waals surface area (Å²) in [6.07, 6.45) is 0. The van der Waals surface area contributed by atoms with E-state index in [2.05, 4.69) is 4.98 Å². The highest BCUT2D eigenvalue weighted by Gasteiger charge is 2.28.